The minimum atomic E-state index is -0.513. The van der Waals surface area contributed by atoms with Crippen LogP contribution in [-0.4, -0.2) is 72.4 Å². The van der Waals surface area contributed by atoms with Crippen molar-refractivity contribution in [1.29, 1.82) is 0 Å². The number of morpholine rings is 2. The molecule has 8 nitrogen and oxygen atoms in total. The molecule has 0 saturated carbocycles. The van der Waals surface area contributed by atoms with Crippen LogP contribution in [0.3, 0.4) is 0 Å². The fraction of sp³-hybridized carbons (Fsp3) is 0.625. The molecule has 132 valence electrons. The highest BCUT2D eigenvalue weighted by Gasteiger charge is 2.22. The van der Waals surface area contributed by atoms with Gasteiger partial charge in [-0.3, -0.25) is 19.9 Å². The van der Waals surface area contributed by atoms with Crippen molar-refractivity contribution in [2.24, 2.45) is 0 Å². The molecule has 2 heterocycles. The SMILES string of the molecule is O=[N+]([O-])c1cc(CN2CCOCC2)cc(CN2CCOCC2)c1O. The van der Waals surface area contributed by atoms with Gasteiger partial charge in [0.1, 0.15) is 0 Å². The molecule has 0 unspecified atom stereocenters. The van der Waals surface area contributed by atoms with Gasteiger partial charge in [-0.05, 0) is 11.6 Å². The minimum Gasteiger partial charge on any atom is -0.502 e. The van der Waals surface area contributed by atoms with E-state index in [0.29, 0.717) is 45.1 Å². The lowest BCUT2D eigenvalue weighted by Crippen LogP contribution is -2.36. The number of phenols is 1. The number of rotatable bonds is 5. The van der Waals surface area contributed by atoms with Gasteiger partial charge in [-0.2, -0.15) is 0 Å². The Morgan fingerprint density at radius 3 is 2.08 bits per heavy atom. The summed E-state index contributed by atoms with van der Waals surface area (Å²) in [4.78, 5) is 15.1. The van der Waals surface area contributed by atoms with Crippen LogP contribution in [0.1, 0.15) is 11.1 Å². The quantitative estimate of drug-likeness (QED) is 0.632. The first-order valence-corrected chi connectivity index (χ1v) is 8.23. The Morgan fingerprint density at radius 2 is 1.54 bits per heavy atom. The monoisotopic (exact) mass is 337 g/mol. The molecule has 8 heteroatoms. The van der Waals surface area contributed by atoms with Crippen LogP contribution in [0, 0.1) is 10.1 Å². The number of aromatic hydroxyl groups is 1. The predicted octanol–water partition coefficient (Wildman–Crippen LogP) is 0.965. The first-order chi connectivity index (χ1) is 11.6. The van der Waals surface area contributed by atoms with Gasteiger partial charge >= 0.3 is 5.69 Å². The van der Waals surface area contributed by atoms with Crippen molar-refractivity contribution >= 4 is 5.69 Å². The maximum Gasteiger partial charge on any atom is 0.311 e. The Hall–Kier alpha value is -1.74. The van der Waals surface area contributed by atoms with Crippen molar-refractivity contribution in [1.82, 2.24) is 9.80 Å². The largest absolute Gasteiger partial charge is 0.502 e. The summed E-state index contributed by atoms with van der Waals surface area (Å²) >= 11 is 0. The van der Waals surface area contributed by atoms with E-state index in [1.807, 2.05) is 6.07 Å². The maximum absolute atomic E-state index is 11.3. The van der Waals surface area contributed by atoms with Crippen LogP contribution in [0.4, 0.5) is 5.69 Å². The standard InChI is InChI=1S/C16H23N3O5/c20-16-14(12-18-3-7-24-8-4-18)9-13(10-15(16)19(21)22)11-17-1-5-23-6-2-17/h9-10,20H,1-8,11-12H2. The third-order valence-electron chi connectivity index (χ3n) is 4.43. The third-order valence-corrected chi connectivity index (χ3v) is 4.43. The van der Waals surface area contributed by atoms with Gasteiger partial charge in [-0.25, -0.2) is 0 Å². The molecule has 0 atom stereocenters. The summed E-state index contributed by atoms with van der Waals surface area (Å²) in [6.45, 7) is 6.94. The topological polar surface area (TPSA) is 88.3 Å². The molecular formula is C16H23N3O5. The number of nitro groups is 1. The summed E-state index contributed by atoms with van der Waals surface area (Å²) in [6.07, 6.45) is 0. The predicted molar refractivity (Wildman–Crippen MR) is 87.0 cm³/mol. The Bertz CT molecular complexity index is 583. The number of hydrogen-bond donors (Lipinski definition) is 1. The van der Waals surface area contributed by atoms with E-state index in [1.165, 1.54) is 6.07 Å². The van der Waals surface area contributed by atoms with E-state index in [4.69, 9.17) is 9.47 Å². The van der Waals surface area contributed by atoms with Crippen molar-refractivity contribution in [3.8, 4) is 5.75 Å². The van der Waals surface area contributed by atoms with Crippen molar-refractivity contribution in [3.63, 3.8) is 0 Å². The van der Waals surface area contributed by atoms with Crippen LogP contribution in [0.25, 0.3) is 0 Å². The molecule has 24 heavy (non-hydrogen) atoms. The molecule has 1 aromatic rings. The highest BCUT2D eigenvalue weighted by atomic mass is 16.6. The summed E-state index contributed by atoms with van der Waals surface area (Å²) in [5, 5.41) is 21.6. The normalized spacial score (nSPS) is 20.2. The van der Waals surface area contributed by atoms with Crippen LogP contribution >= 0.6 is 0 Å². The second-order valence-electron chi connectivity index (χ2n) is 6.16. The zero-order valence-electron chi connectivity index (χ0n) is 13.6. The van der Waals surface area contributed by atoms with Crippen molar-refractivity contribution < 1.29 is 19.5 Å². The molecule has 0 amide bonds. The third kappa shape index (κ3) is 4.21. The highest BCUT2D eigenvalue weighted by molar-refractivity contribution is 5.53. The summed E-state index contributed by atoms with van der Waals surface area (Å²) < 4.78 is 10.7. The second-order valence-corrected chi connectivity index (χ2v) is 6.16. The van der Waals surface area contributed by atoms with Gasteiger partial charge in [-0.1, -0.05) is 0 Å². The van der Waals surface area contributed by atoms with E-state index in [2.05, 4.69) is 9.80 Å². The van der Waals surface area contributed by atoms with E-state index >= 15 is 0 Å². The van der Waals surface area contributed by atoms with Crippen LogP contribution in [0.5, 0.6) is 5.75 Å². The maximum atomic E-state index is 11.3. The second kappa shape index (κ2) is 7.89. The summed E-state index contributed by atoms with van der Waals surface area (Å²) in [6, 6.07) is 3.36. The van der Waals surface area contributed by atoms with Crippen LogP contribution in [0.15, 0.2) is 12.1 Å². The number of phenolic OH excluding ortho intramolecular Hbond substituents is 1. The van der Waals surface area contributed by atoms with E-state index in [9.17, 15) is 15.2 Å². The zero-order valence-corrected chi connectivity index (χ0v) is 13.6. The molecule has 1 N–H and O–H groups in total. The summed E-state index contributed by atoms with van der Waals surface area (Å²) in [5.41, 5.74) is 1.24. The Morgan fingerprint density at radius 1 is 1.00 bits per heavy atom. The number of hydrogen-bond acceptors (Lipinski definition) is 7. The van der Waals surface area contributed by atoms with Gasteiger partial charge < -0.3 is 14.6 Å². The molecule has 2 aliphatic rings. The van der Waals surface area contributed by atoms with E-state index in [0.717, 1.165) is 31.7 Å². The lowest BCUT2D eigenvalue weighted by atomic mass is 10.1. The first kappa shape index (κ1) is 17.1. The number of ether oxygens (including phenoxy) is 2. The fourth-order valence-electron chi connectivity index (χ4n) is 3.11. The molecule has 0 radical (unpaired) electrons. The van der Waals surface area contributed by atoms with Gasteiger partial charge in [0.25, 0.3) is 0 Å². The Labute approximate surface area is 140 Å². The van der Waals surface area contributed by atoms with Crippen molar-refractivity contribution in [3.05, 3.63) is 33.4 Å². The molecule has 2 fully saturated rings. The van der Waals surface area contributed by atoms with Crippen LogP contribution in [-0.2, 0) is 22.6 Å². The van der Waals surface area contributed by atoms with E-state index < -0.39 is 4.92 Å². The zero-order chi connectivity index (χ0) is 16.9. The van der Waals surface area contributed by atoms with E-state index in [-0.39, 0.29) is 11.4 Å². The number of nitrogens with zero attached hydrogens (tertiary/aromatic N) is 3. The molecule has 0 aromatic heterocycles. The average Bonchev–Trinajstić information content (AvgIpc) is 2.59. The molecule has 3 rings (SSSR count). The summed E-state index contributed by atoms with van der Waals surface area (Å²) in [5.74, 6) is -0.225. The van der Waals surface area contributed by atoms with Gasteiger partial charge in [0.05, 0.1) is 31.4 Å². The van der Waals surface area contributed by atoms with Crippen molar-refractivity contribution in [2.75, 3.05) is 52.6 Å². The lowest BCUT2D eigenvalue weighted by Gasteiger charge is -2.28. The average molecular weight is 337 g/mol. The van der Waals surface area contributed by atoms with Crippen LogP contribution in [0.2, 0.25) is 0 Å². The first-order valence-electron chi connectivity index (χ1n) is 8.23. The number of nitro benzene ring substituents is 1. The molecule has 0 aliphatic carbocycles. The van der Waals surface area contributed by atoms with Gasteiger partial charge in [0.15, 0.2) is 5.75 Å². The Balaban J connectivity index is 1.80. The fourth-order valence-corrected chi connectivity index (χ4v) is 3.11. The van der Waals surface area contributed by atoms with E-state index in [1.54, 1.807) is 0 Å². The molecule has 2 saturated heterocycles. The van der Waals surface area contributed by atoms with Gasteiger partial charge in [0, 0.05) is 50.9 Å². The minimum absolute atomic E-state index is 0.219. The molecule has 0 spiro atoms. The van der Waals surface area contributed by atoms with Gasteiger partial charge in [-0.15, -0.1) is 0 Å². The molecule has 1 aromatic carbocycles. The highest BCUT2D eigenvalue weighted by Crippen LogP contribution is 2.33. The molecule has 0 bridgehead atoms. The molecule has 2 aliphatic heterocycles. The van der Waals surface area contributed by atoms with Crippen LogP contribution < -0.4 is 0 Å². The lowest BCUT2D eigenvalue weighted by molar-refractivity contribution is -0.386. The van der Waals surface area contributed by atoms with Gasteiger partial charge in [0.2, 0.25) is 0 Å². The number of benzene rings is 1. The Kier molecular flexibility index (Phi) is 5.62. The smallest absolute Gasteiger partial charge is 0.311 e. The molecular weight excluding hydrogens is 314 g/mol. The van der Waals surface area contributed by atoms with Crippen molar-refractivity contribution in [2.45, 2.75) is 13.1 Å². The summed E-state index contributed by atoms with van der Waals surface area (Å²) in [7, 11) is 0.